The first-order valence-corrected chi connectivity index (χ1v) is 17.5. The lowest BCUT2D eigenvalue weighted by molar-refractivity contribution is -0.140. The summed E-state index contributed by atoms with van der Waals surface area (Å²) in [6.07, 6.45) is 7.69. The Kier molecular flexibility index (Phi) is 10.6. The first-order chi connectivity index (χ1) is 22.9. The van der Waals surface area contributed by atoms with E-state index in [9.17, 15) is 19.2 Å². The second-order valence-electron chi connectivity index (χ2n) is 13.4. The molecule has 252 valence electrons. The number of nitrogens with zero attached hydrogens (tertiary/aromatic N) is 4. The topological polar surface area (TPSA) is 117 Å². The molecule has 2 aromatic rings. The molecule has 2 aromatic carbocycles. The molecular weight excluding hydrogens is 594 g/mol. The third kappa shape index (κ3) is 8.06. The molecule has 0 radical (unpaired) electrons. The van der Waals surface area contributed by atoms with Gasteiger partial charge < -0.3 is 35.6 Å². The maximum absolute atomic E-state index is 13.9. The molecule has 0 aromatic heterocycles. The third-order valence-corrected chi connectivity index (χ3v) is 10.4. The molecule has 0 saturated carbocycles. The summed E-state index contributed by atoms with van der Waals surface area (Å²) in [5, 5.41) is 8.68. The molecule has 3 N–H and O–H groups in total. The molecule has 11 nitrogen and oxygen atoms in total. The fraction of sp³-hybridized carbons (Fsp3) is 0.556. The normalized spacial score (nSPS) is 20.3. The van der Waals surface area contributed by atoms with Crippen LogP contribution >= 0.6 is 0 Å². The van der Waals surface area contributed by atoms with Gasteiger partial charge in [0.05, 0.1) is 6.42 Å². The van der Waals surface area contributed by atoms with Crippen molar-refractivity contribution in [3.05, 3.63) is 59.7 Å². The molecule has 47 heavy (non-hydrogen) atoms. The van der Waals surface area contributed by atoms with Crippen molar-refractivity contribution in [1.29, 1.82) is 0 Å². The number of hydrogen-bond acceptors (Lipinski definition) is 5. The van der Waals surface area contributed by atoms with Crippen molar-refractivity contribution in [3.63, 3.8) is 0 Å². The second kappa shape index (κ2) is 15.2. The maximum atomic E-state index is 13.9. The minimum Gasteiger partial charge on any atom is -0.342 e. The standard InChI is InChI=1S/C36H49N7O4/c1-2-26-10-12-28(13-11-26)37-35(46)38-32(34(45)42-22-14-29(15-23-42)40-18-6-3-7-19-40)24-33(44)41-20-16-30(17-21-41)43-25-27-8-4-5-9-31(27)39-36(43)47/h4-5,8-13,29-30,32H,2-3,6-7,14-25H2,1H3,(H,39,47)(H2,37,38,46)/t32-/m0/s1. The van der Waals surface area contributed by atoms with Crippen molar-refractivity contribution in [2.24, 2.45) is 0 Å². The SMILES string of the molecule is CCc1ccc(NC(=O)N[C@@H](CC(=O)N2CCC(N3Cc4ccccc4NC3=O)CC2)C(=O)N2CCC(N3CCCCC3)CC2)cc1. The zero-order valence-electron chi connectivity index (χ0n) is 27.6. The minimum atomic E-state index is -0.967. The van der Waals surface area contributed by atoms with Crippen LogP contribution in [0.5, 0.6) is 0 Å². The van der Waals surface area contributed by atoms with Crippen LogP contribution in [0.4, 0.5) is 21.0 Å². The molecule has 1 atom stereocenters. The number of hydrogen-bond donors (Lipinski definition) is 3. The third-order valence-electron chi connectivity index (χ3n) is 10.4. The minimum absolute atomic E-state index is 0.0223. The summed E-state index contributed by atoms with van der Waals surface area (Å²) in [4.78, 5) is 61.6. The van der Waals surface area contributed by atoms with E-state index in [-0.39, 0.29) is 30.3 Å². The van der Waals surface area contributed by atoms with Gasteiger partial charge in [-0.1, -0.05) is 43.7 Å². The van der Waals surface area contributed by atoms with Gasteiger partial charge in [-0.2, -0.15) is 0 Å². The molecule has 0 unspecified atom stereocenters. The number of aryl methyl sites for hydroxylation is 1. The van der Waals surface area contributed by atoms with E-state index in [1.807, 2.05) is 58.3 Å². The van der Waals surface area contributed by atoms with Gasteiger partial charge in [0.2, 0.25) is 11.8 Å². The van der Waals surface area contributed by atoms with Crippen molar-refractivity contribution in [3.8, 4) is 0 Å². The van der Waals surface area contributed by atoms with E-state index in [0.717, 1.165) is 49.2 Å². The Morgan fingerprint density at radius 1 is 0.830 bits per heavy atom. The highest BCUT2D eigenvalue weighted by Gasteiger charge is 2.36. The van der Waals surface area contributed by atoms with Crippen molar-refractivity contribution >= 4 is 35.3 Å². The number of rotatable bonds is 8. The number of para-hydroxylation sites is 1. The number of anilines is 2. The molecule has 4 aliphatic rings. The summed E-state index contributed by atoms with van der Waals surface area (Å²) in [6.45, 7) is 7.11. The van der Waals surface area contributed by atoms with E-state index in [4.69, 9.17) is 0 Å². The highest BCUT2D eigenvalue weighted by Crippen LogP contribution is 2.28. The summed E-state index contributed by atoms with van der Waals surface area (Å²) in [7, 11) is 0. The summed E-state index contributed by atoms with van der Waals surface area (Å²) >= 11 is 0. The van der Waals surface area contributed by atoms with Gasteiger partial charge in [0.15, 0.2) is 0 Å². The number of urea groups is 2. The number of likely N-dealkylation sites (tertiary alicyclic amines) is 3. The van der Waals surface area contributed by atoms with Crippen LogP contribution in [0.25, 0.3) is 0 Å². The zero-order chi connectivity index (χ0) is 32.8. The highest BCUT2D eigenvalue weighted by atomic mass is 16.2. The van der Waals surface area contributed by atoms with Gasteiger partial charge in [-0.15, -0.1) is 0 Å². The van der Waals surface area contributed by atoms with Gasteiger partial charge in [0, 0.05) is 56.2 Å². The van der Waals surface area contributed by atoms with E-state index in [1.165, 1.54) is 19.3 Å². The second-order valence-corrected chi connectivity index (χ2v) is 13.4. The number of carbonyl (C=O) groups excluding carboxylic acids is 4. The smallest absolute Gasteiger partial charge is 0.322 e. The summed E-state index contributed by atoms with van der Waals surface area (Å²) in [5.41, 5.74) is 3.72. The van der Waals surface area contributed by atoms with Crippen LogP contribution < -0.4 is 16.0 Å². The fourth-order valence-electron chi connectivity index (χ4n) is 7.55. The first-order valence-electron chi connectivity index (χ1n) is 17.5. The Morgan fingerprint density at radius 2 is 1.49 bits per heavy atom. The Hall–Kier alpha value is -4.12. The number of nitrogens with one attached hydrogen (secondary N) is 3. The lowest BCUT2D eigenvalue weighted by Gasteiger charge is -2.41. The average molecular weight is 644 g/mol. The first kappa shape index (κ1) is 32.8. The zero-order valence-corrected chi connectivity index (χ0v) is 27.6. The molecule has 0 spiro atoms. The Morgan fingerprint density at radius 3 is 2.19 bits per heavy atom. The van der Waals surface area contributed by atoms with Crippen LogP contribution in [0.2, 0.25) is 0 Å². The van der Waals surface area contributed by atoms with Gasteiger partial charge in [-0.25, -0.2) is 9.59 Å². The summed E-state index contributed by atoms with van der Waals surface area (Å²) in [6, 6.07) is 14.4. The van der Waals surface area contributed by atoms with Gasteiger partial charge in [0.25, 0.3) is 0 Å². The average Bonchev–Trinajstić information content (AvgIpc) is 3.11. The Bertz CT molecular complexity index is 1410. The molecule has 3 saturated heterocycles. The lowest BCUT2D eigenvalue weighted by Crippen LogP contribution is -2.56. The van der Waals surface area contributed by atoms with Crippen LogP contribution in [0.15, 0.2) is 48.5 Å². The van der Waals surface area contributed by atoms with Crippen LogP contribution in [-0.4, -0.2) is 101 Å². The number of benzene rings is 2. The van der Waals surface area contributed by atoms with Gasteiger partial charge in [0.1, 0.15) is 6.04 Å². The van der Waals surface area contributed by atoms with Crippen LogP contribution in [0, 0.1) is 0 Å². The number of piperidine rings is 3. The Labute approximate surface area is 278 Å². The quantitative estimate of drug-likeness (QED) is 0.388. The van der Waals surface area contributed by atoms with E-state index in [2.05, 4.69) is 27.8 Å². The van der Waals surface area contributed by atoms with Crippen LogP contribution in [0.3, 0.4) is 0 Å². The van der Waals surface area contributed by atoms with Crippen molar-refractivity contribution in [1.82, 2.24) is 24.9 Å². The van der Waals surface area contributed by atoms with Crippen molar-refractivity contribution in [2.45, 2.75) is 89.4 Å². The molecule has 3 fully saturated rings. The predicted molar refractivity (Wildman–Crippen MR) is 182 cm³/mol. The van der Waals surface area contributed by atoms with E-state index >= 15 is 0 Å². The lowest BCUT2D eigenvalue weighted by atomic mass is 9.98. The molecule has 6 amide bonds. The van der Waals surface area contributed by atoms with Crippen LogP contribution in [-0.2, 0) is 22.6 Å². The van der Waals surface area contributed by atoms with E-state index in [0.29, 0.717) is 57.3 Å². The Balaban J connectivity index is 1.07. The van der Waals surface area contributed by atoms with Crippen molar-refractivity contribution in [2.75, 3.05) is 49.9 Å². The largest absolute Gasteiger partial charge is 0.342 e. The summed E-state index contributed by atoms with van der Waals surface area (Å²) in [5.74, 6) is -0.364. The molecule has 4 aliphatic heterocycles. The van der Waals surface area contributed by atoms with E-state index < -0.39 is 12.1 Å². The van der Waals surface area contributed by atoms with Crippen LogP contribution in [0.1, 0.15) is 69.4 Å². The number of carbonyl (C=O) groups is 4. The molecule has 0 aliphatic carbocycles. The predicted octanol–water partition coefficient (Wildman–Crippen LogP) is 4.64. The highest BCUT2D eigenvalue weighted by molar-refractivity contribution is 5.96. The molecule has 4 heterocycles. The molecule has 6 rings (SSSR count). The number of amides is 6. The molecular formula is C36H49N7O4. The molecule has 11 heteroatoms. The maximum Gasteiger partial charge on any atom is 0.322 e. The van der Waals surface area contributed by atoms with Gasteiger partial charge >= 0.3 is 12.1 Å². The van der Waals surface area contributed by atoms with Crippen molar-refractivity contribution < 1.29 is 19.2 Å². The molecule has 0 bridgehead atoms. The van der Waals surface area contributed by atoms with Gasteiger partial charge in [-0.05, 0) is 87.4 Å². The monoisotopic (exact) mass is 643 g/mol. The summed E-state index contributed by atoms with van der Waals surface area (Å²) < 4.78 is 0. The number of fused-ring (bicyclic) bond motifs is 1. The van der Waals surface area contributed by atoms with E-state index in [1.54, 1.807) is 4.90 Å². The van der Waals surface area contributed by atoms with Gasteiger partial charge in [-0.3, -0.25) is 9.59 Å². The fourth-order valence-corrected chi connectivity index (χ4v) is 7.55.